The Hall–Kier alpha value is -2.20. The molecule has 0 amide bonds. The van der Waals surface area contributed by atoms with Crippen LogP contribution in [0.2, 0.25) is 18.1 Å². The molecule has 0 spiro atoms. The van der Waals surface area contributed by atoms with E-state index in [2.05, 4.69) is 55.7 Å². The quantitative estimate of drug-likeness (QED) is 0.290. The molecule has 0 N–H and O–H groups in total. The molecular weight excluding hydrogens is 478 g/mol. The summed E-state index contributed by atoms with van der Waals surface area (Å²) < 4.78 is 24.1. The number of oxazole rings is 1. The van der Waals surface area contributed by atoms with Crippen molar-refractivity contribution < 1.29 is 18.3 Å². The summed E-state index contributed by atoms with van der Waals surface area (Å²) in [5.41, 5.74) is 1.51. The number of thiazole rings is 1. The lowest BCUT2D eigenvalue weighted by atomic mass is 10.2. The largest absolute Gasteiger partial charge is 0.488 e. The average Bonchev–Trinajstić information content (AvgIpc) is 3.46. The molecule has 0 bridgehead atoms. The van der Waals surface area contributed by atoms with E-state index in [1.54, 1.807) is 11.3 Å². The molecule has 0 aliphatic carbocycles. The van der Waals surface area contributed by atoms with Gasteiger partial charge in [0.05, 0.1) is 13.2 Å². The smallest absolute Gasteiger partial charge is 0.220 e. The minimum absolute atomic E-state index is 0.00492. The molecule has 4 rings (SSSR count). The van der Waals surface area contributed by atoms with E-state index in [0.29, 0.717) is 24.8 Å². The number of anilines is 1. The van der Waals surface area contributed by atoms with Crippen molar-refractivity contribution in [1.29, 1.82) is 0 Å². The minimum Gasteiger partial charge on any atom is -0.488 e. The van der Waals surface area contributed by atoms with Crippen LogP contribution >= 0.6 is 11.3 Å². The number of nitrogens with zero attached hydrogens (tertiary/aromatic N) is 3. The number of aromatic nitrogens is 2. The zero-order chi connectivity index (χ0) is 25.1. The van der Waals surface area contributed by atoms with Crippen molar-refractivity contribution in [3.63, 3.8) is 0 Å². The van der Waals surface area contributed by atoms with Gasteiger partial charge in [0.15, 0.2) is 19.0 Å². The van der Waals surface area contributed by atoms with Crippen LogP contribution in [0.5, 0.6) is 5.75 Å². The summed E-state index contributed by atoms with van der Waals surface area (Å²) in [5, 5.41) is 1.16. The second-order valence-electron chi connectivity index (χ2n) is 10.4. The lowest BCUT2D eigenvalue weighted by molar-refractivity contribution is 0.107. The number of rotatable bonds is 9. The van der Waals surface area contributed by atoms with Gasteiger partial charge >= 0.3 is 0 Å². The highest BCUT2D eigenvalue weighted by molar-refractivity contribution is 7.16. The molecule has 3 aromatic rings. The molecule has 1 atom stereocenters. The topological polar surface area (TPSA) is 69.9 Å². The van der Waals surface area contributed by atoms with Gasteiger partial charge in [0.1, 0.15) is 24.1 Å². The summed E-state index contributed by atoms with van der Waals surface area (Å²) in [6.07, 6.45) is 7.64. The van der Waals surface area contributed by atoms with Crippen molar-refractivity contribution in [2.24, 2.45) is 0 Å². The Morgan fingerprint density at radius 2 is 2.09 bits per heavy atom. The van der Waals surface area contributed by atoms with E-state index in [1.807, 2.05) is 36.5 Å². The molecule has 0 saturated carbocycles. The first-order chi connectivity index (χ1) is 16.6. The number of benzene rings is 1. The predicted octanol–water partition coefficient (Wildman–Crippen LogP) is 6.82. The van der Waals surface area contributed by atoms with Crippen LogP contribution in [-0.4, -0.2) is 50.9 Å². The number of hydrogen-bond donors (Lipinski definition) is 0. The van der Waals surface area contributed by atoms with Gasteiger partial charge in [-0.3, -0.25) is 0 Å². The monoisotopic (exact) mass is 515 g/mol. The fraction of sp³-hybridized carbons (Fsp3) is 0.538. The molecule has 3 heterocycles. The third kappa shape index (κ3) is 6.52. The van der Waals surface area contributed by atoms with Gasteiger partial charge in [-0.2, -0.15) is 0 Å². The third-order valence-electron chi connectivity index (χ3n) is 6.71. The highest BCUT2D eigenvalue weighted by atomic mass is 32.1. The van der Waals surface area contributed by atoms with Gasteiger partial charge in [0, 0.05) is 29.8 Å². The van der Waals surface area contributed by atoms with E-state index in [1.165, 1.54) is 0 Å². The zero-order valence-electron chi connectivity index (χ0n) is 21.7. The Morgan fingerprint density at radius 3 is 2.80 bits per heavy atom. The average molecular weight is 516 g/mol. The summed E-state index contributed by atoms with van der Waals surface area (Å²) in [6, 6.07) is 5.80. The first kappa shape index (κ1) is 25.9. The second kappa shape index (κ2) is 10.8. The van der Waals surface area contributed by atoms with Crippen LogP contribution in [0.25, 0.3) is 23.3 Å². The van der Waals surface area contributed by atoms with Gasteiger partial charge < -0.3 is 23.2 Å². The summed E-state index contributed by atoms with van der Waals surface area (Å²) in [5.74, 6) is 1.33. The molecule has 1 fully saturated rings. The van der Waals surface area contributed by atoms with Gasteiger partial charge in [-0.15, -0.1) is 0 Å². The van der Waals surface area contributed by atoms with Gasteiger partial charge in [-0.1, -0.05) is 39.0 Å². The van der Waals surface area contributed by atoms with Crippen molar-refractivity contribution in [2.75, 3.05) is 31.4 Å². The Kier molecular flexibility index (Phi) is 8.00. The number of fused-ring (bicyclic) bond motifs is 1. The lowest BCUT2D eigenvalue weighted by Gasteiger charge is -2.37. The molecule has 1 aliphatic rings. The molecule has 1 unspecified atom stereocenters. The zero-order valence-corrected chi connectivity index (χ0v) is 23.5. The van der Waals surface area contributed by atoms with Crippen LogP contribution in [0.15, 0.2) is 28.8 Å². The Labute approximate surface area is 213 Å². The molecule has 0 radical (unpaired) electrons. The summed E-state index contributed by atoms with van der Waals surface area (Å²) >= 11 is 1.63. The maximum atomic E-state index is 6.38. The highest BCUT2D eigenvalue weighted by Crippen LogP contribution is 2.37. The summed E-state index contributed by atoms with van der Waals surface area (Å²) in [6.45, 7) is 16.4. The molecule has 7 nitrogen and oxygen atoms in total. The van der Waals surface area contributed by atoms with E-state index >= 15 is 0 Å². The van der Waals surface area contributed by atoms with Crippen molar-refractivity contribution in [3.05, 3.63) is 35.2 Å². The van der Waals surface area contributed by atoms with Crippen LogP contribution in [-0.2, 0) is 9.16 Å². The van der Waals surface area contributed by atoms with E-state index in [4.69, 9.17) is 18.3 Å². The van der Waals surface area contributed by atoms with E-state index in [-0.39, 0.29) is 11.1 Å². The molecular formula is C26H37N3O4SSi. The standard InChI is InChI=1S/C26H37N3O4SSi/c1-7-19(17-31-35(5,6)26(2,3)4)32-20-9-11-22-23(15-20)33-24(28-22)12-10-21-16-27-25(34-21)29-13-8-14-30-18-29/h9-12,15-16,19H,7-8,13-14,17-18H2,1-6H3/b12-10+. The van der Waals surface area contributed by atoms with E-state index in [9.17, 15) is 0 Å². The predicted molar refractivity (Wildman–Crippen MR) is 146 cm³/mol. The minimum atomic E-state index is -1.82. The van der Waals surface area contributed by atoms with Crippen LogP contribution in [0.3, 0.4) is 0 Å². The molecule has 190 valence electrons. The first-order valence-electron chi connectivity index (χ1n) is 12.3. The van der Waals surface area contributed by atoms with Gasteiger partial charge in [-0.05, 0) is 49.2 Å². The Morgan fingerprint density at radius 1 is 1.26 bits per heavy atom. The molecule has 35 heavy (non-hydrogen) atoms. The van der Waals surface area contributed by atoms with E-state index in [0.717, 1.165) is 47.3 Å². The molecule has 1 aromatic carbocycles. The molecule has 1 aliphatic heterocycles. The van der Waals surface area contributed by atoms with Crippen molar-refractivity contribution in [3.8, 4) is 5.75 Å². The Balaban J connectivity index is 1.39. The summed E-state index contributed by atoms with van der Waals surface area (Å²) in [7, 11) is -1.82. The maximum absolute atomic E-state index is 6.38. The van der Waals surface area contributed by atoms with Crippen LogP contribution < -0.4 is 9.64 Å². The molecule has 1 saturated heterocycles. The Bertz CT molecular complexity index is 1150. The third-order valence-corrected chi connectivity index (χ3v) is 12.2. The normalized spacial score (nSPS) is 16.3. The molecule has 2 aromatic heterocycles. The van der Waals surface area contributed by atoms with Gasteiger partial charge in [0.2, 0.25) is 5.89 Å². The second-order valence-corrected chi connectivity index (χ2v) is 16.3. The number of hydrogen-bond acceptors (Lipinski definition) is 8. The lowest BCUT2D eigenvalue weighted by Crippen LogP contribution is -2.43. The first-order valence-corrected chi connectivity index (χ1v) is 16.0. The van der Waals surface area contributed by atoms with Crippen molar-refractivity contribution in [1.82, 2.24) is 9.97 Å². The van der Waals surface area contributed by atoms with Crippen LogP contribution in [0.4, 0.5) is 5.13 Å². The van der Waals surface area contributed by atoms with Gasteiger partial charge in [-0.25, -0.2) is 9.97 Å². The number of ether oxygens (including phenoxy) is 2. The van der Waals surface area contributed by atoms with Crippen molar-refractivity contribution >= 4 is 48.0 Å². The highest BCUT2D eigenvalue weighted by Gasteiger charge is 2.37. The fourth-order valence-electron chi connectivity index (χ4n) is 3.41. The maximum Gasteiger partial charge on any atom is 0.220 e. The van der Waals surface area contributed by atoms with Crippen LogP contribution in [0.1, 0.15) is 51.3 Å². The van der Waals surface area contributed by atoms with Crippen LogP contribution in [0, 0.1) is 0 Å². The van der Waals surface area contributed by atoms with E-state index < -0.39 is 8.32 Å². The molecule has 9 heteroatoms. The summed E-state index contributed by atoms with van der Waals surface area (Å²) in [4.78, 5) is 12.3. The fourth-order valence-corrected chi connectivity index (χ4v) is 5.28. The van der Waals surface area contributed by atoms with Gasteiger partial charge in [0.25, 0.3) is 0 Å². The van der Waals surface area contributed by atoms with Crippen molar-refractivity contribution in [2.45, 2.75) is 64.8 Å². The SMILES string of the molecule is CCC(CO[Si](C)(C)C(C)(C)C)Oc1ccc2nc(/C=C/c3cnc(N4CCCOC4)s3)oc2c1.